The lowest BCUT2D eigenvalue weighted by molar-refractivity contribution is 0.253. The summed E-state index contributed by atoms with van der Waals surface area (Å²) in [6.45, 7) is 4.26. The molecule has 0 radical (unpaired) electrons. The molecule has 3 heteroatoms. The van der Waals surface area contributed by atoms with E-state index in [-0.39, 0.29) is 5.54 Å². The summed E-state index contributed by atoms with van der Waals surface area (Å²) in [6, 6.07) is 6.51. The molecule has 1 aromatic carbocycles. The smallest absolute Gasteiger partial charge is 0.113 e. The Morgan fingerprint density at radius 1 is 1.28 bits per heavy atom. The predicted octanol–water partition coefficient (Wildman–Crippen LogP) is 3.76. The number of hydrogen-bond acceptors (Lipinski definition) is 3. The van der Waals surface area contributed by atoms with Crippen LogP contribution >= 0.6 is 11.3 Å². The molecule has 1 saturated carbocycles. The molecule has 2 aromatic rings. The predicted molar refractivity (Wildman–Crippen MR) is 76.7 cm³/mol. The van der Waals surface area contributed by atoms with Crippen LogP contribution in [0.2, 0.25) is 0 Å². The number of rotatable bonds is 2. The van der Waals surface area contributed by atoms with Crippen molar-refractivity contribution >= 4 is 11.3 Å². The first-order valence-electron chi connectivity index (χ1n) is 6.41. The minimum absolute atomic E-state index is 0.137. The van der Waals surface area contributed by atoms with Gasteiger partial charge in [0.1, 0.15) is 5.01 Å². The van der Waals surface area contributed by atoms with Crippen LogP contribution in [0.3, 0.4) is 0 Å². The second-order valence-corrected chi connectivity index (χ2v) is 6.22. The van der Waals surface area contributed by atoms with E-state index in [1.165, 1.54) is 23.1 Å². The number of aryl methyl sites for hydroxylation is 2. The summed E-state index contributed by atoms with van der Waals surface area (Å²) >= 11 is 1.70. The van der Waals surface area contributed by atoms with Crippen LogP contribution in [0.25, 0.3) is 11.3 Å². The van der Waals surface area contributed by atoms with Crippen molar-refractivity contribution < 1.29 is 0 Å². The number of hydrogen-bond donors (Lipinski definition) is 1. The average molecular weight is 258 g/mol. The molecule has 0 bridgehead atoms. The number of nitrogens with two attached hydrogens (primary N) is 1. The van der Waals surface area contributed by atoms with Gasteiger partial charge >= 0.3 is 0 Å². The van der Waals surface area contributed by atoms with Crippen molar-refractivity contribution in [2.45, 2.75) is 38.6 Å². The van der Waals surface area contributed by atoms with Crippen LogP contribution in [0.4, 0.5) is 0 Å². The van der Waals surface area contributed by atoms with E-state index >= 15 is 0 Å². The van der Waals surface area contributed by atoms with Crippen LogP contribution in [-0.4, -0.2) is 4.98 Å². The van der Waals surface area contributed by atoms with Crippen molar-refractivity contribution in [1.82, 2.24) is 4.98 Å². The normalized spacial score (nSPS) is 17.5. The second-order valence-electron chi connectivity index (χ2n) is 5.37. The topological polar surface area (TPSA) is 38.9 Å². The first-order chi connectivity index (χ1) is 8.58. The van der Waals surface area contributed by atoms with Crippen LogP contribution < -0.4 is 5.73 Å². The molecule has 94 valence electrons. The van der Waals surface area contributed by atoms with Crippen LogP contribution in [0, 0.1) is 13.8 Å². The van der Waals surface area contributed by atoms with E-state index in [2.05, 4.69) is 37.4 Å². The Balaban J connectivity index is 1.97. The number of benzene rings is 1. The average Bonchev–Trinajstić information content (AvgIpc) is 2.75. The lowest BCUT2D eigenvalue weighted by Crippen LogP contribution is -2.43. The summed E-state index contributed by atoms with van der Waals surface area (Å²) in [5.74, 6) is 0. The highest BCUT2D eigenvalue weighted by atomic mass is 32.1. The summed E-state index contributed by atoms with van der Waals surface area (Å²) in [4.78, 5) is 4.76. The number of aromatic nitrogens is 1. The van der Waals surface area contributed by atoms with E-state index in [1.807, 2.05) is 0 Å². The molecule has 18 heavy (non-hydrogen) atoms. The van der Waals surface area contributed by atoms with Crippen molar-refractivity contribution in [2.24, 2.45) is 5.73 Å². The molecule has 3 rings (SSSR count). The fourth-order valence-electron chi connectivity index (χ4n) is 2.50. The first kappa shape index (κ1) is 11.9. The van der Waals surface area contributed by atoms with Gasteiger partial charge in [0.25, 0.3) is 0 Å². The van der Waals surface area contributed by atoms with Gasteiger partial charge in [-0.15, -0.1) is 11.3 Å². The molecular formula is C15H18N2S. The molecule has 2 N–H and O–H groups in total. The Labute approximate surface area is 112 Å². The van der Waals surface area contributed by atoms with Crippen LogP contribution in [-0.2, 0) is 5.54 Å². The molecule has 0 atom stereocenters. The zero-order valence-electron chi connectivity index (χ0n) is 10.9. The summed E-state index contributed by atoms with van der Waals surface area (Å²) < 4.78 is 0. The van der Waals surface area contributed by atoms with Crippen molar-refractivity contribution in [3.8, 4) is 11.3 Å². The highest BCUT2D eigenvalue weighted by Crippen LogP contribution is 2.41. The van der Waals surface area contributed by atoms with Gasteiger partial charge in [0, 0.05) is 10.9 Å². The summed E-state index contributed by atoms with van der Waals surface area (Å²) in [6.07, 6.45) is 3.38. The Morgan fingerprint density at radius 2 is 2.06 bits per heavy atom. The molecule has 1 aliphatic carbocycles. The van der Waals surface area contributed by atoms with E-state index in [1.54, 1.807) is 11.3 Å². The van der Waals surface area contributed by atoms with Gasteiger partial charge in [0.2, 0.25) is 0 Å². The Morgan fingerprint density at radius 3 is 2.67 bits per heavy atom. The third-order valence-electron chi connectivity index (χ3n) is 3.83. The van der Waals surface area contributed by atoms with Gasteiger partial charge in [-0.2, -0.15) is 0 Å². The van der Waals surface area contributed by atoms with Gasteiger partial charge in [-0.3, -0.25) is 0 Å². The van der Waals surface area contributed by atoms with Crippen LogP contribution in [0.5, 0.6) is 0 Å². The quantitative estimate of drug-likeness (QED) is 0.890. The monoisotopic (exact) mass is 258 g/mol. The lowest BCUT2D eigenvalue weighted by atomic mass is 9.78. The molecule has 2 nitrogen and oxygen atoms in total. The first-order valence-corrected chi connectivity index (χ1v) is 7.29. The zero-order valence-corrected chi connectivity index (χ0v) is 11.7. The highest BCUT2D eigenvalue weighted by molar-refractivity contribution is 7.10. The Kier molecular flexibility index (Phi) is 2.76. The van der Waals surface area contributed by atoms with Crippen molar-refractivity contribution in [1.29, 1.82) is 0 Å². The molecule has 1 heterocycles. The third-order valence-corrected chi connectivity index (χ3v) is 4.90. The zero-order chi connectivity index (χ0) is 12.8. The van der Waals surface area contributed by atoms with Crippen molar-refractivity contribution in [2.75, 3.05) is 0 Å². The molecule has 1 fully saturated rings. The maximum Gasteiger partial charge on any atom is 0.113 e. The SMILES string of the molecule is Cc1ccc(-c2csc(C3(N)CCC3)n2)c(C)c1. The van der Waals surface area contributed by atoms with Crippen molar-refractivity contribution in [3.05, 3.63) is 39.7 Å². The Hall–Kier alpha value is -1.19. The van der Waals surface area contributed by atoms with E-state index < -0.39 is 0 Å². The van der Waals surface area contributed by atoms with Crippen molar-refractivity contribution in [3.63, 3.8) is 0 Å². The Bertz CT molecular complexity index is 582. The molecule has 0 amide bonds. The minimum Gasteiger partial charge on any atom is -0.319 e. The summed E-state index contributed by atoms with van der Waals surface area (Å²) in [7, 11) is 0. The molecule has 1 aliphatic rings. The fraction of sp³-hybridized carbons (Fsp3) is 0.400. The van der Waals surface area contributed by atoms with E-state index in [9.17, 15) is 0 Å². The number of nitrogens with zero attached hydrogens (tertiary/aromatic N) is 1. The van der Waals surface area contributed by atoms with E-state index in [0.717, 1.165) is 23.5 Å². The molecular weight excluding hydrogens is 240 g/mol. The maximum absolute atomic E-state index is 6.33. The minimum atomic E-state index is -0.137. The summed E-state index contributed by atoms with van der Waals surface area (Å²) in [5, 5.41) is 3.24. The van der Waals surface area contributed by atoms with Gasteiger partial charge < -0.3 is 5.73 Å². The number of thiazole rings is 1. The molecule has 0 unspecified atom stereocenters. The van der Waals surface area contributed by atoms with E-state index in [4.69, 9.17) is 10.7 Å². The highest BCUT2D eigenvalue weighted by Gasteiger charge is 2.37. The van der Waals surface area contributed by atoms with Gasteiger partial charge in [-0.05, 0) is 38.7 Å². The third kappa shape index (κ3) is 1.88. The lowest BCUT2D eigenvalue weighted by Gasteiger charge is -2.35. The molecule has 0 aliphatic heterocycles. The largest absolute Gasteiger partial charge is 0.319 e. The second kappa shape index (κ2) is 4.18. The summed E-state index contributed by atoms with van der Waals surface area (Å²) in [5.41, 5.74) is 11.1. The maximum atomic E-state index is 6.33. The molecule has 1 aromatic heterocycles. The van der Waals surface area contributed by atoms with Gasteiger partial charge in [0.15, 0.2) is 0 Å². The standard InChI is InChI=1S/C15H18N2S/c1-10-4-5-12(11(2)8-10)13-9-18-14(17-13)15(16)6-3-7-15/h4-5,8-9H,3,6-7,16H2,1-2H3. The van der Waals surface area contributed by atoms with Crippen LogP contribution in [0.15, 0.2) is 23.6 Å². The van der Waals surface area contributed by atoms with E-state index in [0.29, 0.717) is 0 Å². The molecule has 0 spiro atoms. The van der Waals surface area contributed by atoms with Crippen LogP contribution in [0.1, 0.15) is 35.4 Å². The van der Waals surface area contributed by atoms with Gasteiger partial charge in [-0.1, -0.05) is 23.8 Å². The fourth-order valence-corrected chi connectivity index (χ4v) is 3.49. The molecule has 0 saturated heterocycles. The van der Waals surface area contributed by atoms with Gasteiger partial charge in [-0.25, -0.2) is 4.98 Å². The van der Waals surface area contributed by atoms with Gasteiger partial charge in [0.05, 0.1) is 11.2 Å².